The first-order valence-corrected chi connectivity index (χ1v) is 10.0. The Kier molecular flexibility index (Phi) is 5.69. The van der Waals surface area contributed by atoms with E-state index in [9.17, 15) is 0 Å². The number of H-pyrrole nitrogens is 1. The van der Waals surface area contributed by atoms with E-state index >= 15 is 0 Å². The van der Waals surface area contributed by atoms with E-state index in [4.69, 9.17) is 9.72 Å². The van der Waals surface area contributed by atoms with Crippen LogP contribution in [0.3, 0.4) is 0 Å². The van der Waals surface area contributed by atoms with Crippen molar-refractivity contribution in [2.75, 3.05) is 38.6 Å². The first-order chi connectivity index (χ1) is 12.9. The zero-order valence-corrected chi connectivity index (χ0v) is 15.5. The second-order valence-electron chi connectivity index (χ2n) is 6.30. The van der Waals surface area contributed by atoms with Crippen LogP contribution in [0.2, 0.25) is 0 Å². The van der Waals surface area contributed by atoms with Crippen LogP contribution in [0, 0.1) is 0 Å². The maximum Gasteiger partial charge on any atom is 0.166 e. The fourth-order valence-corrected chi connectivity index (χ4v) is 4.01. The Balaban J connectivity index is 1.53. The lowest BCUT2D eigenvalue weighted by Gasteiger charge is -2.26. The Morgan fingerprint density at radius 2 is 1.58 bits per heavy atom. The zero-order valence-electron chi connectivity index (χ0n) is 14.7. The van der Waals surface area contributed by atoms with Gasteiger partial charge in [0.2, 0.25) is 0 Å². The van der Waals surface area contributed by atoms with Gasteiger partial charge in [0.25, 0.3) is 0 Å². The maximum atomic E-state index is 5.41. The zero-order chi connectivity index (χ0) is 17.6. The Morgan fingerprint density at radius 3 is 2.27 bits per heavy atom. The van der Waals surface area contributed by atoms with Gasteiger partial charge >= 0.3 is 0 Å². The number of thioether (sulfide) groups is 1. The van der Waals surface area contributed by atoms with Crippen LogP contribution in [0.4, 0.5) is 0 Å². The minimum atomic E-state index is 0.849. The predicted octanol–water partition coefficient (Wildman–Crippen LogP) is 4.17. The molecule has 0 radical (unpaired) electrons. The van der Waals surface area contributed by atoms with Gasteiger partial charge in [0.1, 0.15) is 0 Å². The smallest absolute Gasteiger partial charge is 0.166 e. The topological polar surface area (TPSA) is 41.2 Å². The molecule has 1 saturated heterocycles. The van der Waals surface area contributed by atoms with E-state index in [1.54, 1.807) is 11.8 Å². The molecule has 0 aliphatic carbocycles. The number of hydrogen-bond donors (Lipinski definition) is 1. The third-order valence-electron chi connectivity index (χ3n) is 4.54. The van der Waals surface area contributed by atoms with Gasteiger partial charge in [-0.3, -0.25) is 4.90 Å². The second kappa shape index (κ2) is 8.54. The maximum absolute atomic E-state index is 5.41. The van der Waals surface area contributed by atoms with Crippen LogP contribution in [-0.2, 0) is 4.74 Å². The summed E-state index contributed by atoms with van der Waals surface area (Å²) in [6.45, 7) is 4.83. The molecule has 0 atom stereocenters. The van der Waals surface area contributed by atoms with Gasteiger partial charge in [-0.25, -0.2) is 4.98 Å². The fourth-order valence-electron chi connectivity index (χ4n) is 3.13. The van der Waals surface area contributed by atoms with E-state index in [0.29, 0.717) is 0 Å². The van der Waals surface area contributed by atoms with Crippen LogP contribution in [0.1, 0.15) is 0 Å². The van der Waals surface area contributed by atoms with Crippen molar-refractivity contribution in [3.8, 4) is 22.5 Å². The van der Waals surface area contributed by atoms with Gasteiger partial charge in [-0.05, 0) is 0 Å². The Morgan fingerprint density at radius 1 is 0.923 bits per heavy atom. The van der Waals surface area contributed by atoms with E-state index in [2.05, 4.69) is 58.4 Å². The van der Waals surface area contributed by atoms with Crippen molar-refractivity contribution in [1.29, 1.82) is 0 Å². The van der Waals surface area contributed by atoms with Gasteiger partial charge in [0.15, 0.2) is 5.16 Å². The van der Waals surface area contributed by atoms with Crippen molar-refractivity contribution < 1.29 is 4.74 Å². The summed E-state index contributed by atoms with van der Waals surface area (Å²) in [6, 6.07) is 20.8. The number of aromatic nitrogens is 2. The molecule has 0 amide bonds. The summed E-state index contributed by atoms with van der Waals surface area (Å²) in [5.74, 6) is 1.02. The summed E-state index contributed by atoms with van der Waals surface area (Å²) in [5.41, 5.74) is 4.41. The lowest BCUT2D eigenvalue weighted by molar-refractivity contribution is 0.0410. The highest BCUT2D eigenvalue weighted by Gasteiger charge is 2.15. The van der Waals surface area contributed by atoms with Crippen LogP contribution >= 0.6 is 11.8 Å². The highest BCUT2D eigenvalue weighted by Crippen LogP contribution is 2.32. The number of nitrogens with zero attached hydrogens (tertiary/aromatic N) is 2. The Bertz CT molecular complexity index is 757. The Labute approximate surface area is 158 Å². The van der Waals surface area contributed by atoms with Gasteiger partial charge < -0.3 is 9.72 Å². The van der Waals surface area contributed by atoms with Gasteiger partial charge in [-0.15, -0.1) is 0 Å². The molecule has 2 aromatic carbocycles. The van der Waals surface area contributed by atoms with Crippen LogP contribution < -0.4 is 0 Å². The monoisotopic (exact) mass is 365 g/mol. The summed E-state index contributed by atoms with van der Waals surface area (Å²) in [6.07, 6.45) is 0. The molecule has 1 aliphatic rings. The summed E-state index contributed by atoms with van der Waals surface area (Å²) in [4.78, 5) is 10.9. The molecule has 4 nitrogen and oxygen atoms in total. The molecule has 1 aromatic heterocycles. The van der Waals surface area contributed by atoms with Gasteiger partial charge in [0.05, 0.1) is 24.6 Å². The number of imidazole rings is 1. The molecule has 0 saturated carbocycles. The molecule has 1 N–H and O–H groups in total. The van der Waals surface area contributed by atoms with Crippen LogP contribution in [0.5, 0.6) is 0 Å². The minimum Gasteiger partial charge on any atom is -0.379 e. The van der Waals surface area contributed by atoms with Crippen LogP contribution in [0.25, 0.3) is 22.5 Å². The summed E-state index contributed by atoms with van der Waals surface area (Å²) >= 11 is 1.79. The predicted molar refractivity (Wildman–Crippen MR) is 107 cm³/mol. The molecule has 2 heterocycles. The van der Waals surface area contributed by atoms with Gasteiger partial charge in [0, 0.05) is 36.5 Å². The molecule has 0 spiro atoms. The minimum absolute atomic E-state index is 0.849. The largest absolute Gasteiger partial charge is 0.379 e. The standard InChI is InChI=1S/C21H23N3OS/c1-3-7-17(8-4-1)19-20(18-9-5-2-6-10-18)23-21(22-19)26-16-13-24-11-14-25-15-12-24/h1-10H,11-16H2,(H,22,23). The molecule has 0 unspecified atom stereocenters. The quantitative estimate of drug-likeness (QED) is 0.666. The van der Waals surface area contributed by atoms with E-state index in [1.165, 1.54) is 5.56 Å². The van der Waals surface area contributed by atoms with E-state index < -0.39 is 0 Å². The first kappa shape index (κ1) is 17.3. The van der Waals surface area contributed by atoms with Crippen molar-refractivity contribution >= 4 is 11.8 Å². The van der Waals surface area contributed by atoms with E-state index in [-0.39, 0.29) is 0 Å². The molecule has 4 rings (SSSR count). The molecular weight excluding hydrogens is 342 g/mol. The van der Waals surface area contributed by atoms with Crippen molar-refractivity contribution in [2.45, 2.75) is 5.16 Å². The third kappa shape index (κ3) is 4.18. The normalized spacial score (nSPS) is 15.2. The molecule has 3 aromatic rings. The molecule has 1 fully saturated rings. The SMILES string of the molecule is c1ccc(-c2nc(SCCN3CCOCC3)[nH]c2-c2ccccc2)cc1. The average Bonchev–Trinajstić information content (AvgIpc) is 3.14. The van der Waals surface area contributed by atoms with Gasteiger partial charge in [-0.1, -0.05) is 72.4 Å². The van der Waals surface area contributed by atoms with Crippen molar-refractivity contribution in [3.63, 3.8) is 0 Å². The number of aromatic amines is 1. The molecule has 1 aliphatic heterocycles. The third-order valence-corrected chi connectivity index (χ3v) is 5.40. The highest BCUT2D eigenvalue weighted by molar-refractivity contribution is 7.99. The molecule has 26 heavy (non-hydrogen) atoms. The van der Waals surface area contributed by atoms with E-state index in [1.807, 2.05) is 12.1 Å². The lowest BCUT2D eigenvalue weighted by Crippen LogP contribution is -2.37. The Hall–Kier alpha value is -2.08. The lowest BCUT2D eigenvalue weighted by atomic mass is 10.1. The molecule has 5 heteroatoms. The van der Waals surface area contributed by atoms with Crippen LogP contribution in [-0.4, -0.2) is 53.5 Å². The summed E-state index contributed by atoms with van der Waals surface area (Å²) < 4.78 is 5.41. The summed E-state index contributed by atoms with van der Waals surface area (Å²) in [7, 11) is 0. The van der Waals surface area contributed by atoms with Crippen molar-refractivity contribution in [2.24, 2.45) is 0 Å². The number of nitrogens with one attached hydrogen (secondary N) is 1. The number of morpholine rings is 1. The molecule has 134 valence electrons. The molecule has 0 bridgehead atoms. The first-order valence-electron chi connectivity index (χ1n) is 9.04. The summed E-state index contributed by atoms with van der Waals surface area (Å²) in [5, 5.41) is 0.982. The number of hydrogen-bond acceptors (Lipinski definition) is 4. The number of ether oxygens (including phenoxy) is 1. The number of benzene rings is 2. The van der Waals surface area contributed by atoms with Crippen LogP contribution in [0.15, 0.2) is 65.8 Å². The average molecular weight is 366 g/mol. The second-order valence-corrected chi connectivity index (χ2v) is 7.38. The van der Waals surface area contributed by atoms with Crippen molar-refractivity contribution in [3.05, 3.63) is 60.7 Å². The van der Waals surface area contributed by atoms with Gasteiger partial charge in [-0.2, -0.15) is 0 Å². The highest BCUT2D eigenvalue weighted by atomic mass is 32.2. The number of rotatable bonds is 6. The molecular formula is C21H23N3OS. The van der Waals surface area contributed by atoms with Crippen molar-refractivity contribution in [1.82, 2.24) is 14.9 Å². The fraction of sp³-hybridized carbons (Fsp3) is 0.286. The van der Waals surface area contributed by atoms with E-state index in [0.717, 1.165) is 60.7 Å².